The first kappa shape index (κ1) is 23.5. The van der Waals surface area contributed by atoms with E-state index in [0.29, 0.717) is 59.0 Å². The van der Waals surface area contributed by atoms with Gasteiger partial charge in [0.25, 0.3) is 5.56 Å². The van der Waals surface area contributed by atoms with Crippen molar-refractivity contribution in [1.29, 1.82) is 0 Å². The lowest BCUT2D eigenvalue weighted by Crippen LogP contribution is -2.30. The molecule has 8 heteroatoms. The van der Waals surface area contributed by atoms with Gasteiger partial charge in [0.1, 0.15) is 0 Å². The number of carbonyl (C=O) groups excluding carboxylic acids is 2. The van der Waals surface area contributed by atoms with Gasteiger partial charge in [-0.15, -0.1) is 0 Å². The van der Waals surface area contributed by atoms with Crippen LogP contribution in [0.5, 0.6) is 0 Å². The fourth-order valence-corrected chi connectivity index (χ4v) is 4.38. The summed E-state index contributed by atoms with van der Waals surface area (Å²) in [6.45, 7) is 5.34. The van der Waals surface area contributed by atoms with Crippen LogP contribution < -0.4 is 5.56 Å². The monoisotopic (exact) mass is 453 g/mol. The third kappa shape index (κ3) is 5.19. The van der Waals surface area contributed by atoms with Crippen molar-refractivity contribution in [1.82, 2.24) is 14.5 Å². The third-order valence-corrected chi connectivity index (χ3v) is 6.18. The maximum atomic E-state index is 13.3. The smallest absolute Gasteiger partial charge is 0.337 e. The van der Waals surface area contributed by atoms with Crippen molar-refractivity contribution in [2.45, 2.75) is 31.8 Å². The minimum Gasteiger partial charge on any atom is -0.465 e. The summed E-state index contributed by atoms with van der Waals surface area (Å²) in [5.41, 5.74) is 1.28. The Labute approximate surface area is 191 Å². The van der Waals surface area contributed by atoms with E-state index in [0.717, 1.165) is 0 Å². The lowest BCUT2D eigenvalue weighted by molar-refractivity contribution is -0.130. The van der Waals surface area contributed by atoms with Gasteiger partial charge in [0.15, 0.2) is 5.16 Å². The van der Waals surface area contributed by atoms with E-state index in [1.807, 2.05) is 49.1 Å². The number of carbonyl (C=O) groups is 2. The van der Waals surface area contributed by atoms with E-state index in [2.05, 4.69) is 0 Å². The van der Waals surface area contributed by atoms with E-state index >= 15 is 0 Å². The molecule has 0 aliphatic carbocycles. The Hall–Kier alpha value is -3.13. The molecule has 0 bridgehead atoms. The number of nitrogens with zero attached hydrogens (tertiary/aromatic N) is 3. The highest BCUT2D eigenvalue weighted by Gasteiger charge is 2.16. The van der Waals surface area contributed by atoms with Crippen LogP contribution >= 0.6 is 11.8 Å². The molecule has 1 aromatic heterocycles. The third-order valence-electron chi connectivity index (χ3n) is 5.16. The van der Waals surface area contributed by atoms with Crippen molar-refractivity contribution in [3.05, 3.63) is 64.4 Å². The lowest BCUT2D eigenvalue weighted by Gasteiger charge is -2.18. The summed E-state index contributed by atoms with van der Waals surface area (Å²) in [5.74, 6) is 0.282. The maximum Gasteiger partial charge on any atom is 0.337 e. The number of methoxy groups -OCH3 is 1. The van der Waals surface area contributed by atoms with Crippen molar-refractivity contribution >= 4 is 34.5 Å². The standard InChI is InChI=1S/C24H27N3O4S/c1-4-26(5-2)21(28)12-9-15-32-24-25-20-16-17(23(30)31-3)13-14-19(20)22(29)27(24)18-10-7-6-8-11-18/h6-8,10-11,13-14,16H,4-5,9,12,15H2,1-3H3. The molecule has 1 heterocycles. The lowest BCUT2D eigenvalue weighted by atomic mass is 10.1. The zero-order chi connectivity index (χ0) is 23.1. The maximum absolute atomic E-state index is 13.3. The number of benzene rings is 2. The Morgan fingerprint density at radius 2 is 1.81 bits per heavy atom. The molecule has 0 aliphatic rings. The van der Waals surface area contributed by atoms with Gasteiger partial charge in [0.05, 0.1) is 29.3 Å². The first-order valence-electron chi connectivity index (χ1n) is 10.6. The number of thioether (sulfide) groups is 1. The van der Waals surface area contributed by atoms with Crippen LogP contribution in [-0.2, 0) is 9.53 Å². The van der Waals surface area contributed by atoms with Gasteiger partial charge < -0.3 is 9.64 Å². The summed E-state index contributed by atoms with van der Waals surface area (Å²) in [6.07, 6.45) is 1.12. The van der Waals surface area contributed by atoms with Gasteiger partial charge in [0, 0.05) is 25.3 Å². The van der Waals surface area contributed by atoms with Crippen LogP contribution in [0.3, 0.4) is 0 Å². The zero-order valence-corrected chi connectivity index (χ0v) is 19.4. The average Bonchev–Trinajstić information content (AvgIpc) is 2.82. The van der Waals surface area contributed by atoms with Crippen LogP contribution in [0.4, 0.5) is 0 Å². The summed E-state index contributed by atoms with van der Waals surface area (Å²) in [4.78, 5) is 44.0. The van der Waals surface area contributed by atoms with Gasteiger partial charge in [-0.3, -0.25) is 14.2 Å². The van der Waals surface area contributed by atoms with Crippen molar-refractivity contribution in [2.75, 3.05) is 26.0 Å². The molecule has 7 nitrogen and oxygen atoms in total. The van der Waals surface area contributed by atoms with E-state index in [-0.39, 0.29) is 11.5 Å². The number of hydrogen-bond acceptors (Lipinski definition) is 6. The van der Waals surface area contributed by atoms with E-state index < -0.39 is 5.97 Å². The molecule has 1 amide bonds. The van der Waals surface area contributed by atoms with Gasteiger partial charge in [-0.05, 0) is 50.6 Å². The SMILES string of the molecule is CCN(CC)C(=O)CCCSc1nc2cc(C(=O)OC)ccc2c(=O)n1-c1ccccc1. The summed E-state index contributed by atoms with van der Waals surface area (Å²) in [7, 11) is 1.31. The minimum absolute atomic E-state index is 0.130. The van der Waals surface area contributed by atoms with Crippen molar-refractivity contribution in [2.24, 2.45) is 0 Å². The number of fused-ring (bicyclic) bond motifs is 1. The molecule has 0 saturated heterocycles. The highest BCUT2D eigenvalue weighted by molar-refractivity contribution is 7.99. The number of para-hydroxylation sites is 1. The van der Waals surface area contributed by atoms with Crippen LogP contribution in [0.25, 0.3) is 16.6 Å². The van der Waals surface area contributed by atoms with E-state index in [1.165, 1.54) is 18.9 Å². The molecule has 3 aromatic rings. The molecular formula is C24H27N3O4S. The van der Waals surface area contributed by atoms with Crippen molar-refractivity contribution < 1.29 is 14.3 Å². The Morgan fingerprint density at radius 3 is 2.47 bits per heavy atom. The number of ether oxygens (including phenoxy) is 1. The predicted octanol–water partition coefficient (Wildman–Crippen LogP) is 3.91. The quantitative estimate of drug-likeness (QED) is 0.211. The van der Waals surface area contributed by atoms with Crippen LogP contribution in [0, 0.1) is 0 Å². The van der Waals surface area contributed by atoms with Gasteiger partial charge >= 0.3 is 5.97 Å². The summed E-state index contributed by atoms with van der Waals surface area (Å²) < 4.78 is 6.37. The Bertz CT molecular complexity index is 1160. The molecule has 0 unspecified atom stereocenters. The van der Waals surface area contributed by atoms with E-state index in [1.54, 1.807) is 22.8 Å². The second-order valence-corrected chi connectivity index (χ2v) is 8.17. The number of hydrogen-bond donors (Lipinski definition) is 0. The van der Waals surface area contributed by atoms with Gasteiger partial charge in [-0.25, -0.2) is 9.78 Å². The van der Waals surface area contributed by atoms with Crippen LogP contribution in [0.15, 0.2) is 58.5 Å². The second kappa shape index (κ2) is 10.9. The number of amides is 1. The van der Waals surface area contributed by atoms with Gasteiger partial charge in [-0.1, -0.05) is 30.0 Å². The summed E-state index contributed by atoms with van der Waals surface area (Å²) in [5, 5.41) is 0.938. The number of aromatic nitrogens is 2. The summed E-state index contributed by atoms with van der Waals surface area (Å²) in [6, 6.07) is 14.1. The molecule has 168 valence electrons. The Morgan fingerprint density at radius 1 is 1.09 bits per heavy atom. The molecule has 3 rings (SSSR count). The van der Waals surface area contributed by atoms with Crippen LogP contribution in [0.1, 0.15) is 37.0 Å². The first-order valence-corrected chi connectivity index (χ1v) is 11.6. The van der Waals surface area contributed by atoms with E-state index in [4.69, 9.17) is 9.72 Å². The molecule has 2 aromatic carbocycles. The number of rotatable bonds is 9. The summed E-state index contributed by atoms with van der Waals surface area (Å²) >= 11 is 1.42. The predicted molar refractivity (Wildman–Crippen MR) is 127 cm³/mol. The first-order chi connectivity index (χ1) is 15.5. The van der Waals surface area contributed by atoms with Crippen LogP contribution in [0.2, 0.25) is 0 Å². The van der Waals surface area contributed by atoms with Crippen LogP contribution in [-0.4, -0.2) is 52.3 Å². The fraction of sp³-hybridized carbons (Fsp3) is 0.333. The molecule has 0 atom stereocenters. The highest BCUT2D eigenvalue weighted by atomic mass is 32.2. The highest BCUT2D eigenvalue weighted by Crippen LogP contribution is 2.23. The molecule has 32 heavy (non-hydrogen) atoms. The molecule has 0 saturated carbocycles. The van der Waals surface area contributed by atoms with Crippen molar-refractivity contribution in [3.8, 4) is 5.69 Å². The second-order valence-electron chi connectivity index (χ2n) is 7.11. The molecule has 0 fully saturated rings. The molecule has 0 spiro atoms. The van der Waals surface area contributed by atoms with E-state index in [9.17, 15) is 14.4 Å². The topological polar surface area (TPSA) is 81.5 Å². The average molecular weight is 454 g/mol. The molecule has 0 aliphatic heterocycles. The zero-order valence-electron chi connectivity index (χ0n) is 18.5. The van der Waals surface area contributed by atoms with Gasteiger partial charge in [0.2, 0.25) is 5.91 Å². The molecular weight excluding hydrogens is 426 g/mol. The Balaban J connectivity index is 1.94. The fourth-order valence-electron chi connectivity index (χ4n) is 3.43. The molecule has 0 N–H and O–H groups in total. The minimum atomic E-state index is -0.481. The van der Waals surface area contributed by atoms with Crippen molar-refractivity contribution in [3.63, 3.8) is 0 Å². The Kier molecular flexibility index (Phi) is 8.05. The van der Waals surface area contributed by atoms with Gasteiger partial charge in [-0.2, -0.15) is 0 Å². The number of esters is 1. The largest absolute Gasteiger partial charge is 0.465 e. The molecule has 0 radical (unpaired) electrons. The normalized spacial score (nSPS) is 10.8.